The van der Waals surface area contributed by atoms with Crippen LogP contribution in [0.25, 0.3) is 5.69 Å². The van der Waals surface area contributed by atoms with Gasteiger partial charge in [-0.15, -0.1) is 0 Å². The van der Waals surface area contributed by atoms with Gasteiger partial charge in [0.2, 0.25) is 0 Å². The number of halogens is 1. The van der Waals surface area contributed by atoms with E-state index in [0.717, 1.165) is 33.9 Å². The Morgan fingerprint density at radius 2 is 1.97 bits per heavy atom. The number of ether oxygens (including phenoxy) is 1. The summed E-state index contributed by atoms with van der Waals surface area (Å²) in [5.74, 6) is 0. The van der Waals surface area contributed by atoms with Crippen molar-refractivity contribution in [2.45, 2.75) is 18.5 Å². The Hall–Kier alpha value is -2.22. The van der Waals surface area contributed by atoms with Gasteiger partial charge in [0.1, 0.15) is 0 Å². The SMILES string of the molecule is COCCCN1C(=S)N[C@H](c2ccccn2)[C@@H]1c1cccn1-c1ccc(Br)cc1. The van der Waals surface area contributed by atoms with E-state index in [1.807, 2.05) is 18.3 Å². The topological polar surface area (TPSA) is 42.3 Å². The Morgan fingerprint density at radius 3 is 2.69 bits per heavy atom. The highest BCUT2D eigenvalue weighted by atomic mass is 79.9. The lowest BCUT2D eigenvalue weighted by molar-refractivity contribution is 0.180. The van der Waals surface area contributed by atoms with E-state index >= 15 is 0 Å². The van der Waals surface area contributed by atoms with E-state index in [4.69, 9.17) is 17.0 Å². The molecule has 1 fully saturated rings. The molecule has 2 aromatic heterocycles. The zero-order chi connectivity index (χ0) is 20.2. The van der Waals surface area contributed by atoms with Crippen molar-refractivity contribution in [3.05, 3.63) is 82.9 Å². The summed E-state index contributed by atoms with van der Waals surface area (Å²) in [5.41, 5.74) is 3.27. The zero-order valence-corrected chi connectivity index (χ0v) is 18.6. The molecule has 1 N–H and O–H groups in total. The van der Waals surface area contributed by atoms with Crippen LogP contribution in [0.4, 0.5) is 0 Å². The van der Waals surface area contributed by atoms with Gasteiger partial charge in [-0.05, 0) is 67.2 Å². The highest BCUT2D eigenvalue weighted by Gasteiger charge is 2.40. The van der Waals surface area contributed by atoms with Crippen LogP contribution in [0.3, 0.4) is 0 Å². The Labute approximate surface area is 184 Å². The fourth-order valence-corrected chi connectivity index (χ4v) is 4.42. The summed E-state index contributed by atoms with van der Waals surface area (Å²) >= 11 is 9.25. The predicted octanol–water partition coefficient (Wildman–Crippen LogP) is 4.64. The maximum atomic E-state index is 5.73. The molecule has 4 rings (SSSR count). The van der Waals surface area contributed by atoms with Gasteiger partial charge in [0, 0.05) is 48.5 Å². The highest BCUT2D eigenvalue weighted by molar-refractivity contribution is 9.10. The zero-order valence-electron chi connectivity index (χ0n) is 16.2. The molecule has 0 radical (unpaired) electrons. The van der Waals surface area contributed by atoms with Gasteiger partial charge >= 0.3 is 0 Å². The molecule has 3 heterocycles. The van der Waals surface area contributed by atoms with E-state index in [1.54, 1.807) is 7.11 Å². The lowest BCUT2D eigenvalue weighted by atomic mass is 10.0. The van der Waals surface area contributed by atoms with Gasteiger partial charge in [0.25, 0.3) is 0 Å². The molecule has 29 heavy (non-hydrogen) atoms. The molecular formula is C22H23BrN4OS. The van der Waals surface area contributed by atoms with Crippen LogP contribution in [0.15, 0.2) is 71.5 Å². The predicted molar refractivity (Wildman–Crippen MR) is 122 cm³/mol. The molecule has 3 aromatic rings. The average molecular weight is 471 g/mol. The van der Waals surface area contributed by atoms with Gasteiger partial charge in [-0.3, -0.25) is 4.98 Å². The molecule has 0 unspecified atom stereocenters. The first-order valence-corrected chi connectivity index (χ1v) is 10.8. The smallest absolute Gasteiger partial charge is 0.170 e. The van der Waals surface area contributed by atoms with E-state index in [1.165, 1.54) is 5.69 Å². The molecule has 7 heteroatoms. The monoisotopic (exact) mass is 470 g/mol. The van der Waals surface area contributed by atoms with Gasteiger partial charge in [-0.1, -0.05) is 22.0 Å². The van der Waals surface area contributed by atoms with Crippen LogP contribution in [0.1, 0.15) is 29.9 Å². The molecular weight excluding hydrogens is 448 g/mol. The summed E-state index contributed by atoms with van der Waals surface area (Å²) in [7, 11) is 1.73. The summed E-state index contributed by atoms with van der Waals surface area (Å²) in [6, 6.07) is 18.6. The molecule has 0 saturated carbocycles. The first kappa shape index (κ1) is 20.1. The van der Waals surface area contributed by atoms with E-state index in [2.05, 4.69) is 84.4 Å². The van der Waals surface area contributed by atoms with Gasteiger partial charge in [-0.2, -0.15) is 0 Å². The Bertz CT molecular complexity index is 960. The van der Waals surface area contributed by atoms with Crippen molar-refractivity contribution in [2.24, 2.45) is 0 Å². The summed E-state index contributed by atoms with van der Waals surface area (Å²) in [6.45, 7) is 1.52. The number of aromatic nitrogens is 2. The third kappa shape index (κ3) is 4.22. The standard InChI is InChI=1S/C22H23BrN4OS/c1-28-15-5-14-27-21(20(25-22(27)29)18-6-2-3-12-24-18)19-7-4-13-26(19)17-10-8-16(23)9-11-17/h2-4,6-13,20-21H,5,14-15H2,1H3,(H,25,29)/t20-,21+/m1/s1. The second kappa shape index (κ2) is 9.07. The van der Waals surface area contributed by atoms with Crippen molar-refractivity contribution < 1.29 is 4.74 Å². The van der Waals surface area contributed by atoms with E-state index in [0.29, 0.717) is 6.61 Å². The van der Waals surface area contributed by atoms with Crippen molar-refractivity contribution >= 4 is 33.3 Å². The van der Waals surface area contributed by atoms with Crippen LogP contribution in [-0.4, -0.2) is 39.8 Å². The van der Waals surface area contributed by atoms with Crippen molar-refractivity contribution in [3.63, 3.8) is 0 Å². The minimum absolute atomic E-state index is 0.0182. The number of pyridine rings is 1. The Morgan fingerprint density at radius 1 is 1.14 bits per heavy atom. The quantitative estimate of drug-likeness (QED) is 0.402. The number of rotatable bonds is 7. The number of benzene rings is 1. The molecule has 0 aliphatic carbocycles. The third-order valence-electron chi connectivity index (χ3n) is 5.13. The summed E-state index contributed by atoms with van der Waals surface area (Å²) in [4.78, 5) is 6.87. The summed E-state index contributed by atoms with van der Waals surface area (Å²) < 4.78 is 8.56. The van der Waals surface area contributed by atoms with Crippen LogP contribution >= 0.6 is 28.1 Å². The number of nitrogens with zero attached hydrogens (tertiary/aromatic N) is 3. The van der Waals surface area contributed by atoms with Gasteiger partial charge < -0.3 is 19.5 Å². The van der Waals surface area contributed by atoms with Crippen LogP contribution in [0.2, 0.25) is 0 Å². The van der Waals surface area contributed by atoms with Gasteiger partial charge in [0.15, 0.2) is 5.11 Å². The van der Waals surface area contributed by atoms with Crippen molar-refractivity contribution in [3.8, 4) is 5.69 Å². The largest absolute Gasteiger partial charge is 0.385 e. The fourth-order valence-electron chi connectivity index (χ4n) is 3.82. The van der Waals surface area contributed by atoms with Gasteiger partial charge in [-0.25, -0.2) is 0 Å². The molecule has 150 valence electrons. The first-order chi connectivity index (χ1) is 14.2. The molecule has 1 aliphatic heterocycles. The fraction of sp³-hybridized carbons (Fsp3) is 0.273. The number of hydrogen-bond acceptors (Lipinski definition) is 3. The number of hydrogen-bond donors (Lipinski definition) is 1. The maximum absolute atomic E-state index is 5.73. The normalized spacial score (nSPS) is 18.8. The minimum atomic E-state index is -0.0182. The van der Waals surface area contributed by atoms with E-state index in [9.17, 15) is 0 Å². The lowest BCUT2D eigenvalue weighted by Gasteiger charge is -2.29. The van der Waals surface area contributed by atoms with Crippen LogP contribution in [0.5, 0.6) is 0 Å². The van der Waals surface area contributed by atoms with Crippen molar-refractivity contribution in [2.75, 3.05) is 20.3 Å². The molecule has 0 bridgehead atoms. The molecule has 1 aliphatic rings. The summed E-state index contributed by atoms with van der Waals surface area (Å²) in [6.07, 6.45) is 4.84. The van der Waals surface area contributed by atoms with Crippen LogP contribution in [-0.2, 0) is 4.74 Å². The highest BCUT2D eigenvalue weighted by Crippen LogP contribution is 2.39. The van der Waals surface area contributed by atoms with Crippen LogP contribution in [0, 0.1) is 0 Å². The summed E-state index contributed by atoms with van der Waals surface area (Å²) in [5, 5.41) is 4.26. The van der Waals surface area contributed by atoms with Gasteiger partial charge in [0.05, 0.1) is 17.8 Å². The molecule has 0 amide bonds. The minimum Gasteiger partial charge on any atom is -0.385 e. The second-order valence-electron chi connectivity index (χ2n) is 6.95. The molecule has 0 spiro atoms. The number of thiocarbonyl (C=S) groups is 1. The molecule has 5 nitrogen and oxygen atoms in total. The third-order valence-corrected chi connectivity index (χ3v) is 6.01. The second-order valence-corrected chi connectivity index (χ2v) is 8.25. The molecule has 1 saturated heterocycles. The average Bonchev–Trinajstić information content (AvgIpc) is 3.34. The van der Waals surface area contributed by atoms with Crippen LogP contribution < -0.4 is 5.32 Å². The maximum Gasteiger partial charge on any atom is 0.170 e. The Kier molecular flexibility index (Phi) is 6.28. The molecule has 1 aromatic carbocycles. The molecule has 2 atom stereocenters. The number of nitrogens with one attached hydrogen (secondary N) is 1. The van der Waals surface area contributed by atoms with E-state index in [-0.39, 0.29) is 12.1 Å². The van der Waals surface area contributed by atoms with E-state index < -0.39 is 0 Å². The Balaban J connectivity index is 1.75. The first-order valence-electron chi connectivity index (χ1n) is 9.59. The lowest BCUT2D eigenvalue weighted by Crippen LogP contribution is -2.32. The number of methoxy groups -OCH3 is 1. The van der Waals surface area contributed by atoms with Crippen molar-refractivity contribution in [1.29, 1.82) is 0 Å². The van der Waals surface area contributed by atoms with Crippen molar-refractivity contribution in [1.82, 2.24) is 19.8 Å².